The molecule has 0 atom stereocenters. The SMILES string of the molecule is CCN(CC)C(=O)n1cnc(Sc2c(C)noc2C)n1. The van der Waals surface area contributed by atoms with E-state index in [9.17, 15) is 4.79 Å². The Morgan fingerprint density at radius 2 is 2.10 bits per heavy atom. The third-order valence-electron chi connectivity index (χ3n) is 2.86. The van der Waals surface area contributed by atoms with Crippen molar-refractivity contribution in [2.24, 2.45) is 0 Å². The van der Waals surface area contributed by atoms with Crippen LogP contribution in [0, 0.1) is 13.8 Å². The van der Waals surface area contributed by atoms with Gasteiger partial charge in [0, 0.05) is 13.1 Å². The number of hydrogen-bond acceptors (Lipinski definition) is 6. The Balaban J connectivity index is 2.15. The molecule has 0 aliphatic rings. The lowest BCUT2D eigenvalue weighted by molar-refractivity contribution is 0.201. The van der Waals surface area contributed by atoms with Crippen LogP contribution in [-0.2, 0) is 0 Å². The Kier molecular flexibility index (Phi) is 4.43. The maximum atomic E-state index is 12.1. The first-order chi connectivity index (χ1) is 9.56. The molecule has 0 spiro atoms. The predicted molar refractivity (Wildman–Crippen MR) is 73.8 cm³/mol. The first-order valence-electron chi connectivity index (χ1n) is 6.38. The van der Waals surface area contributed by atoms with Gasteiger partial charge in [-0.25, -0.2) is 9.78 Å². The Morgan fingerprint density at radius 3 is 2.65 bits per heavy atom. The second-order valence-corrected chi connectivity index (χ2v) is 5.16. The summed E-state index contributed by atoms with van der Waals surface area (Å²) in [5.41, 5.74) is 0.791. The van der Waals surface area contributed by atoms with E-state index >= 15 is 0 Å². The van der Waals surface area contributed by atoms with Crippen LogP contribution < -0.4 is 0 Å². The van der Waals surface area contributed by atoms with Gasteiger partial charge in [-0.05, 0) is 39.5 Å². The average Bonchev–Trinajstić information content (AvgIpc) is 3.02. The van der Waals surface area contributed by atoms with Crippen LogP contribution in [0.15, 0.2) is 20.9 Å². The molecule has 2 rings (SSSR count). The van der Waals surface area contributed by atoms with Crippen molar-refractivity contribution in [3.8, 4) is 0 Å². The summed E-state index contributed by atoms with van der Waals surface area (Å²) in [4.78, 5) is 18.8. The molecule has 20 heavy (non-hydrogen) atoms. The minimum absolute atomic E-state index is 0.173. The molecule has 0 N–H and O–H groups in total. The molecule has 108 valence electrons. The van der Waals surface area contributed by atoms with Crippen LogP contribution in [0.3, 0.4) is 0 Å². The fourth-order valence-corrected chi connectivity index (χ4v) is 2.51. The Labute approximate surface area is 121 Å². The molecule has 0 saturated heterocycles. The number of amides is 1. The van der Waals surface area contributed by atoms with E-state index in [0.717, 1.165) is 16.3 Å². The third kappa shape index (κ3) is 2.84. The second-order valence-electron chi connectivity index (χ2n) is 4.18. The van der Waals surface area contributed by atoms with Crippen molar-refractivity contribution in [2.75, 3.05) is 13.1 Å². The molecule has 0 bridgehead atoms. The Morgan fingerprint density at radius 1 is 1.40 bits per heavy atom. The van der Waals surface area contributed by atoms with Crippen LogP contribution in [-0.4, -0.2) is 43.9 Å². The van der Waals surface area contributed by atoms with E-state index in [4.69, 9.17) is 4.52 Å². The zero-order chi connectivity index (χ0) is 14.7. The van der Waals surface area contributed by atoms with Crippen molar-refractivity contribution in [3.05, 3.63) is 17.8 Å². The van der Waals surface area contributed by atoms with Gasteiger partial charge in [0.1, 0.15) is 12.1 Å². The van der Waals surface area contributed by atoms with Crippen LogP contribution in [0.25, 0.3) is 0 Å². The highest BCUT2D eigenvalue weighted by Crippen LogP contribution is 2.30. The quantitative estimate of drug-likeness (QED) is 0.861. The zero-order valence-corrected chi connectivity index (χ0v) is 12.8. The highest BCUT2D eigenvalue weighted by Gasteiger charge is 2.17. The number of carbonyl (C=O) groups excluding carboxylic acids is 1. The molecule has 0 unspecified atom stereocenters. The standard InChI is InChI=1S/C12H17N5O2S/c1-5-16(6-2)12(18)17-7-13-11(14-17)20-10-8(3)15-19-9(10)4/h7H,5-6H2,1-4H3. The largest absolute Gasteiger partial charge is 0.360 e. The summed E-state index contributed by atoms with van der Waals surface area (Å²) in [6.07, 6.45) is 1.43. The van der Waals surface area contributed by atoms with E-state index in [2.05, 4.69) is 15.2 Å². The van der Waals surface area contributed by atoms with Gasteiger partial charge in [0.25, 0.3) is 0 Å². The lowest BCUT2D eigenvalue weighted by Gasteiger charge is -2.17. The summed E-state index contributed by atoms with van der Waals surface area (Å²) in [6.45, 7) is 8.83. The highest BCUT2D eigenvalue weighted by molar-refractivity contribution is 7.99. The summed E-state index contributed by atoms with van der Waals surface area (Å²) >= 11 is 1.34. The van der Waals surface area contributed by atoms with Gasteiger partial charge in [0.05, 0.1) is 10.6 Å². The second kappa shape index (κ2) is 6.08. The lowest BCUT2D eigenvalue weighted by atomic mass is 10.4. The van der Waals surface area contributed by atoms with Gasteiger partial charge in [-0.3, -0.25) is 0 Å². The Hall–Kier alpha value is -1.83. The maximum Gasteiger partial charge on any atom is 0.346 e. The smallest absolute Gasteiger partial charge is 0.346 e. The van der Waals surface area contributed by atoms with E-state index in [-0.39, 0.29) is 6.03 Å². The van der Waals surface area contributed by atoms with Crippen LogP contribution in [0.4, 0.5) is 4.79 Å². The molecular formula is C12H17N5O2S. The van der Waals surface area contributed by atoms with Crippen molar-refractivity contribution < 1.29 is 9.32 Å². The zero-order valence-electron chi connectivity index (χ0n) is 12.0. The van der Waals surface area contributed by atoms with Gasteiger partial charge in [-0.2, -0.15) is 4.68 Å². The van der Waals surface area contributed by atoms with Gasteiger partial charge >= 0.3 is 6.03 Å². The first-order valence-corrected chi connectivity index (χ1v) is 7.20. The van der Waals surface area contributed by atoms with E-state index in [0.29, 0.717) is 18.2 Å². The number of aryl methyl sites for hydroxylation is 2. The van der Waals surface area contributed by atoms with Gasteiger partial charge in [-0.1, -0.05) is 5.16 Å². The molecule has 0 aliphatic heterocycles. The van der Waals surface area contributed by atoms with Crippen LogP contribution in [0.5, 0.6) is 0 Å². The van der Waals surface area contributed by atoms with E-state index in [1.807, 2.05) is 27.7 Å². The number of hydrogen-bond donors (Lipinski definition) is 0. The molecule has 8 heteroatoms. The lowest BCUT2D eigenvalue weighted by Crippen LogP contribution is -2.34. The molecule has 1 amide bonds. The maximum absolute atomic E-state index is 12.1. The van der Waals surface area contributed by atoms with Gasteiger partial charge in [-0.15, -0.1) is 5.10 Å². The van der Waals surface area contributed by atoms with Crippen molar-refractivity contribution in [3.63, 3.8) is 0 Å². The molecule has 2 aromatic heterocycles. The molecule has 0 aliphatic carbocycles. The Bertz CT molecular complexity index is 583. The first kappa shape index (κ1) is 14.6. The van der Waals surface area contributed by atoms with Gasteiger partial charge < -0.3 is 9.42 Å². The van der Waals surface area contributed by atoms with E-state index in [1.165, 1.54) is 22.8 Å². The van der Waals surface area contributed by atoms with E-state index in [1.54, 1.807) is 4.90 Å². The van der Waals surface area contributed by atoms with Crippen LogP contribution in [0.2, 0.25) is 0 Å². The minimum atomic E-state index is -0.173. The molecule has 0 radical (unpaired) electrons. The topological polar surface area (TPSA) is 77.0 Å². The van der Waals surface area contributed by atoms with Crippen molar-refractivity contribution in [1.29, 1.82) is 0 Å². The van der Waals surface area contributed by atoms with Crippen LogP contribution >= 0.6 is 11.8 Å². The van der Waals surface area contributed by atoms with E-state index < -0.39 is 0 Å². The third-order valence-corrected chi connectivity index (χ3v) is 4.02. The fourth-order valence-electron chi connectivity index (χ4n) is 1.74. The number of rotatable bonds is 4. The van der Waals surface area contributed by atoms with Crippen molar-refractivity contribution >= 4 is 17.8 Å². The molecule has 0 fully saturated rings. The van der Waals surface area contributed by atoms with Crippen molar-refractivity contribution in [1.82, 2.24) is 24.8 Å². The van der Waals surface area contributed by atoms with Crippen molar-refractivity contribution in [2.45, 2.75) is 37.7 Å². The molecular weight excluding hydrogens is 278 g/mol. The summed E-state index contributed by atoms with van der Waals surface area (Å²) in [5.74, 6) is 0.721. The molecule has 0 aromatic carbocycles. The minimum Gasteiger partial charge on any atom is -0.360 e. The summed E-state index contributed by atoms with van der Waals surface area (Å²) < 4.78 is 6.34. The summed E-state index contributed by atoms with van der Waals surface area (Å²) in [7, 11) is 0. The monoisotopic (exact) mass is 295 g/mol. The highest BCUT2D eigenvalue weighted by atomic mass is 32.2. The summed E-state index contributed by atoms with van der Waals surface area (Å²) in [5, 5.41) is 8.57. The van der Waals surface area contributed by atoms with Crippen LogP contribution in [0.1, 0.15) is 25.3 Å². The molecule has 2 heterocycles. The van der Waals surface area contributed by atoms with Gasteiger partial charge in [0.2, 0.25) is 5.16 Å². The van der Waals surface area contributed by atoms with Gasteiger partial charge in [0.15, 0.2) is 0 Å². The normalized spacial score (nSPS) is 10.8. The fraction of sp³-hybridized carbons (Fsp3) is 0.500. The molecule has 2 aromatic rings. The predicted octanol–water partition coefficient (Wildman–Crippen LogP) is 2.34. The number of nitrogens with zero attached hydrogens (tertiary/aromatic N) is 5. The number of carbonyl (C=O) groups is 1. The molecule has 7 nitrogen and oxygen atoms in total. The number of aromatic nitrogens is 4. The average molecular weight is 295 g/mol. The molecule has 0 saturated carbocycles. The summed E-state index contributed by atoms with van der Waals surface area (Å²) in [6, 6.07) is -0.173.